The van der Waals surface area contributed by atoms with Gasteiger partial charge in [0, 0.05) is 11.8 Å². The fourth-order valence-electron chi connectivity index (χ4n) is 1.13. The maximum atomic E-state index is 11.4. The van der Waals surface area contributed by atoms with Crippen LogP contribution in [0.25, 0.3) is 0 Å². The Labute approximate surface area is 97.3 Å². The van der Waals surface area contributed by atoms with Crippen molar-refractivity contribution in [2.75, 3.05) is 18.6 Å². The van der Waals surface area contributed by atoms with E-state index in [1.165, 1.54) is 0 Å². The maximum absolute atomic E-state index is 11.4. The minimum Gasteiger partial charge on any atom is -0.459 e. The molecule has 0 fully saturated rings. The second kappa shape index (κ2) is 7.12. The summed E-state index contributed by atoms with van der Waals surface area (Å²) in [6.45, 7) is 8.05. The van der Waals surface area contributed by atoms with Crippen molar-refractivity contribution in [1.29, 1.82) is 0 Å². The molecule has 0 aliphatic rings. The molecule has 3 nitrogen and oxygen atoms in total. The highest BCUT2D eigenvalue weighted by Crippen LogP contribution is 2.07. The van der Waals surface area contributed by atoms with E-state index in [0.29, 0.717) is 12.6 Å². The van der Waals surface area contributed by atoms with Crippen LogP contribution in [0.1, 0.15) is 34.1 Å². The number of nitrogens with one attached hydrogen (secondary N) is 1. The van der Waals surface area contributed by atoms with Crippen LogP contribution < -0.4 is 5.32 Å². The summed E-state index contributed by atoms with van der Waals surface area (Å²) in [7, 11) is 0. The molecule has 1 unspecified atom stereocenters. The average molecular weight is 233 g/mol. The van der Waals surface area contributed by atoms with Crippen LogP contribution in [0.15, 0.2) is 0 Å². The van der Waals surface area contributed by atoms with Crippen LogP contribution >= 0.6 is 11.8 Å². The van der Waals surface area contributed by atoms with Crippen LogP contribution in [0.2, 0.25) is 0 Å². The molecular weight excluding hydrogens is 210 g/mol. The second-order valence-electron chi connectivity index (χ2n) is 4.53. The molecule has 0 aromatic rings. The number of ether oxygens (including phenoxy) is 1. The topological polar surface area (TPSA) is 38.3 Å². The van der Waals surface area contributed by atoms with E-state index < -0.39 is 0 Å². The summed E-state index contributed by atoms with van der Waals surface area (Å²) < 4.78 is 5.20. The first-order valence-electron chi connectivity index (χ1n) is 5.33. The first kappa shape index (κ1) is 14.8. The van der Waals surface area contributed by atoms with Crippen molar-refractivity contribution in [2.45, 2.75) is 45.8 Å². The van der Waals surface area contributed by atoms with Gasteiger partial charge in [0.05, 0.1) is 6.54 Å². The highest BCUT2D eigenvalue weighted by molar-refractivity contribution is 7.98. The Balaban J connectivity index is 3.78. The second-order valence-corrected chi connectivity index (χ2v) is 5.44. The van der Waals surface area contributed by atoms with Gasteiger partial charge in [0.1, 0.15) is 5.60 Å². The van der Waals surface area contributed by atoms with Crippen LogP contribution in [0.5, 0.6) is 0 Å². The summed E-state index contributed by atoms with van der Waals surface area (Å²) in [4.78, 5) is 11.4. The molecule has 0 bridgehead atoms. The van der Waals surface area contributed by atoms with Gasteiger partial charge >= 0.3 is 5.97 Å². The number of carbonyl (C=O) groups is 1. The van der Waals surface area contributed by atoms with Gasteiger partial charge in [0.2, 0.25) is 0 Å². The molecule has 0 spiro atoms. The highest BCUT2D eigenvalue weighted by atomic mass is 32.2. The summed E-state index contributed by atoms with van der Waals surface area (Å²) in [5, 5.41) is 3.20. The number of esters is 1. The average Bonchev–Trinajstić information content (AvgIpc) is 2.09. The van der Waals surface area contributed by atoms with Crippen LogP contribution in [0, 0.1) is 0 Å². The molecule has 0 heterocycles. The lowest BCUT2D eigenvalue weighted by molar-refractivity contribution is -0.153. The van der Waals surface area contributed by atoms with E-state index in [0.717, 1.165) is 12.2 Å². The summed E-state index contributed by atoms with van der Waals surface area (Å²) in [5.74, 6) is 0.848. The van der Waals surface area contributed by atoms with Gasteiger partial charge in [-0.3, -0.25) is 4.79 Å². The molecule has 0 saturated heterocycles. The van der Waals surface area contributed by atoms with Crippen LogP contribution in [0.3, 0.4) is 0 Å². The van der Waals surface area contributed by atoms with E-state index >= 15 is 0 Å². The van der Waals surface area contributed by atoms with Crippen molar-refractivity contribution < 1.29 is 9.53 Å². The van der Waals surface area contributed by atoms with Gasteiger partial charge in [-0.05, 0) is 33.4 Å². The Morgan fingerprint density at radius 3 is 2.47 bits per heavy atom. The molecule has 0 aromatic carbocycles. The fourth-order valence-corrected chi connectivity index (χ4v) is 1.88. The lowest BCUT2D eigenvalue weighted by Gasteiger charge is -2.21. The SMILES string of the molecule is CCC(CSC)NCC(=O)OC(C)(C)C. The molecule has 0 saturated carbocycles. The van der Waals surface area contributed by atoms with Gasteiger partial charge in [0.25, 0.3) is 0 Å². The molecule has 90 valence electrons. The highest BCUT2D eigenvalue weighted by Gasteiger charge is 2.16. The standard InChI is InChI=1S/C11H23NO2S/c1-6-9(8-15-5)12-7-10(13)14-11(2,3)4/h9,12H,6-8H2,1-5H3. The zero-order valence-electron chi connectivity index (χ0n) is 10.4. The lowest BCUT2D eigenvalue weighted by Crippen LogP contribution is -2.38. The molecule has 0 rings (SSSR count). The first-order valence-corrected chi connectivity index (χ1v) is 6.72. The third-order valence-corrected chi connectivity index (χ3v) is 2.55. The van der Waals surface area contributed by atoms with Gasteiger partial charge in [-0.1, -0.05) is 6.92 Å². The van der Waals surface area contributed by atoms with Gasteiger partial charge in [-0.25, -0.2) is 0 Å². The molecule has 0 aliphatic heterocycles. The largest absolute Gasteiger partial charge is 0.459 e. The van der Waals surface area contributed by atoms with E-state index in [9.17, 15) is 4.79 Å². The number of hydrogen-bond acceptors (Lipinski definition) is 4. The van der Waals surface area contributed by atoms with Crippen molar-refractivity contribution in [3.8, 4) is 0 Å². The van der Waals surface area contributed by atoms with Gasteiger partial charge < -0.3 is 10.1 Å². The first-order chi connectivity index (χ1) is 6.89. The van der Waals surface area contributed by atoms with Crippen molar-refractivity contribution in [3.63, 3.8) is 0 Å². The zero-order chi connectivity index (χ0) is 11.9. The van der Waals surface area contributed by atoms with E-state index in [2.05, 4.69) is 18.5 Å². The molecule has 0 amide bonds. The Hall–Kier alpha value is -0.220. The van der Waals surface area contributed by atoms with Crippen molar-refractivity contribution in [1.82, 2.24) is 5.32 Å². The van der Waals surface area contributed by atoms with Gasteiger partial charge in [0.15, 0.2) is 0 Å². The number of rotatable bonds is 6. The predicted octanol–water partition coefficient (Wildman–Crippen LogP) is 2.06. The molecule has 0 radical (unpaired) electrons. The number of hydrogen-bond donors (Lipinski definition) is 1. The normalized spacial score (nSPS) is 13.7. The number of carbonyl (C=O) groups excluding carboxylic acids is 1. The summed E-state index contributed by atoms with van der Waals surface area (Å²) >= 11 is 1.78. The third-order valence-electron chi connectivity index (χ3n) is 1.82. The van der Waals surface area contributed by atoms with E-state index in [1.54, 1.807) is 11.8 Å². The molecule has 1 N–H and O–H groups in total. The summed E-state index contributed by atoms with van der Waals surface area (Å²) in [5.41, 5.74) is -0.389. The van der Waals surface area contributed by atoms with E-state index in [-0.39, 0.29) is 11.6 Å². The molecule has 4 heteroatoms. The van der Waals surface area contributed by atoms with Crippen molar-refractivity contribution >= 4 is 17.7 Å². The molecule has 0 aliphatic carbocycles. The predicted molar refractivity (Wildman–Crippen MR) is 66.3 cm³/mol. The third kappa shape index (κ3) is 8.75. The van der Waals surface area contributed by atoms with Crippen LogP contribution in [-0.4, -0.2) is 36.2 Å². The fraction of sp³-hybridized carbons (Fsp3) is 0.909. The van der Waals surface area contributed by atoms with Crippen molar-refractivity contribution in [2.24, 2.45) is 0 Å². The van der Waals surface area contributed by atoms with Crippen molar-refractivity contribution in [3.05, 3.63) is 0 Å². The van der Waals surface area contributed by atoms with Crippen LogP contribution in [0.4, 0.5) is 0 Å². The van der Waals surface area contributed by atoms with Crippen LogP contribution in [-0.2, 0) is 9.53 Å². The molecular formula is C11H23NO2S. The molecule has 1 atom stereocenters. The lowest BCUT2D eigenvalue weighted by atomic mass is 10.2. The monoisotopic (exact) mass is 233 g/mol. The zero-order valence-corrected chi connectivity index (χ0v) is 11.2. The minimum atomic E-state index is -0.389. The molecule has 0 aromatic heterocycles. The Bertz CT molecular complexity index is 190. The Morgan fingerprint density at radius 1 is 1.47 bits per heavy atom. The van der Waals surface area contributed by atoms with E-state index in [1.807, 2.05) is 20.8 Å². The summed E-state index contributed by atoms with van der Waals surface area (Å²) in [6.07, 6.45) is 3.10. The van der Waals surface area contributed by atoms with Gasteiger partial charge in [-0.2, -0.15) is 11.8 Å². The number of thioether (sulfide) groups is 1. The smallest absolute Gasteiger partial charge is 0.320 e. The molecule has 15 heavy (non-hydrogen) atoms. The van der Waals surface area contributed by atoms with Gasteiger partial charge in [-0.15, -0.1) is 0 Å². The maximum Gasteiger partial charge on any atom is 0.320 e. The Kier molecular flexibility index (Phi) is 7.02. The van der Waals surface area contributed by atoms with E-state index in [4.69, 9.17) is 4.74 Å². The minimum absolute atomic E-state index is 0.179. The quantitative estimate of drug-likeness (QED) is 0.713. The Morgan fingerprint density at radius 2 is 2.07 bits per heavy atom. The summed E-state index contributed by atoms with van der Waals surface area (Å²) in [6, 6.07) is 0.396.